The smallest absolute Gasteiger partial charge is 0.337 e. The van der Waals surface area contributed by atoms with Crippen LogP contribution in [0, 0.1) is 6.92 Å². The van der Waals surface area contributed by atoms with Gasteiger partial charge in [-0.05, 0) is 31.2 Å². The van der Waals surface area contributed by atoms with Crippen molar-refractivity contribution in [3.8, 4) is 17.4 Å². The number of nitrogens with one attached hydrogen (secondary N) is 1. The van der Waals surface area contributed by atoms with Crippen LogP contribution in [0.15, 0.2) is 30.6 Å². The summed E-state index contributed by atoms with van der Waals surface area (Å²) in [4.78, 5) is 23.1. The summed E-state index contributed by atoms with van der Waals surface area (Å²) < 4.78 is 15.9. The van der Waals surface area contributed by atoms with Gasteiger partial charge in [0.15, 0.2) is 11.5 Å². The van der Waals surface area contributed by atoms with E-state index in [2.05, 4.69) is 15.0 Å². The van der Waals surface area contributed by atoms with Crippen molar-refractivity contribution < 1.29 is 19.0 Å². The molecule has 3 rings (SSSR count). The maximum Gasteiger partial charge on any atom is 0.337 e. The first-order chi connectivity index (χ1) is 11.1. The molecule has 0 amide bonds. The fraction of sp³-hybridized carbons (Fsp3) is 0.188. The number of carbonyl (C=O) groups is 1. The lowest BCUT2D eigenvalue weighted by Gasteiger charge is -2.11. The van der Waals surface area contributed by atoms with Crippen LogP contribution in [0.2, 0.25) is 0 Å². The largest absolute Gasteiger partial charge is 0.493 e. The molecule has 0 saturated heterocycles. The van der Waals surface area contributed by atoms with Gasteiger partial charge in [-0.1, -0.05) is 0 Å². The fourth-order valence-corrected chi connectivity index (χ4v) is 2.24. The summed E-state index contributed by atoms with van der Waals surface area (Å²) in [6, 6.07) is 6.69. The SMILES string of the molecule is COC(=O)c1ccc(OC)c(Oc2ncnc3[nH]c(C)cc23)c1. The molecule has 0 atom stereocenters. The number of ether oxygens (including phenoxy) is 3. The van der Waals surface area contributed by atoms with Crippen LogP contribution in [0.4, 0.5) is 0 Å². The van der Waals surface area contributed by atoms with Gasteiger partial charge in [0.05, 0.1) is 25.2 Å². The normalized spacial score (nSPS) is 10.6. The van der Waals surface area contributed by atoms with Crippen LogP contribution in [-0.4, -0.2) is 35.1 Å². The molecule has 1 N–H and O–H groups in total. The van der Waals surface area contributed by atoms with E-state index in [1.165, 1.54) is 20.5 Å². The minimum atomic E-state index is -0.456. The lowest BCUT2D eigenvalue weighted by molar-refractivity contribution is 0.0600. The molecule has 23 heavy (non-hydrogen) atoms. The number of aromatic nitrogens is 3. The van der Waals surface area contributed by atoms with Gasteiger partial charge in [0, 0.05) is 5.69 Å². The Morgan fingerprint density at radius 2 is 1.96 bits per heavy atom. The summed E-state index contributed by atoms with van der Waals surface area (Å²) in [5.41, 5.74) is 1.98. The topological polar surface area (TPSA) is 86.3 Å². The molecule has 0 aliphatic rings. The van der Waals surface area contributed by atoms with E-state index in [0.717, 1.165) is 11.1 Å². The first-order valence-corrected chi connectivity index (χ1v) is 6.87. The predicted octanol–water partition coefficient (Wildman–Crippen LogP) is 2.85. The van der Waals surface area contributed by atoms with Gasteiger partial charge in [-0.25, -0.2) is 14.8 Å². The van der Waals surface area contributed by atoms with Gasteiger partial charge < -0.3 is 19.2 Å². The molecule has 7 heteroatoms. The number of fused-ring (bicyclic) bond motifs is 1. The summed E-state index contributed by atoms with van der Waals surface area (Å²) in [5.74, 6) is 0.772. The number of esters is 1. The quantitative estimate of drug-likeness (QED) is 0.745. The van der Waals surface area contributed by atoms with Crippen LogP contribution in [0.5, 0.6) is 17.4 Å². The van der Waals surface area contributed by atoms with Gasteiger partial charge in [-0.3, -0.25) is 0 Å². The monoisotopic (exact) mass is 313 g/mol. The number of methoxy groups -OCH3 is 2. The zero-order valence-corrected chi connectivity index (χ0v) is 12.9. The third-order valence-corrected chi connectivity index (χ3v) is 3.32. The highest BCUT2D eigenvalue weighted by molar-refractivity contribution is 5.90. The predicted molar refractivity (Wildman–Crippen MR) is 83.0 cm³/mol. The Bertz CT molecular complexity index is 873. The molecule has 0 fully saturated rings. The van der Waals surface area contributed by atoms with Gasteiger partial charge in [0.1, 0.15) is 12.0 Å². The molecule has 2 aromatic heterocycles. The van der Waals surface area contributed by atoms with Crippen molar-refractivity contribution in [3.05, 3.63) is 41.9 Å². The average Bonchev–Trinajstić information content (AvgIpc) is 2.95. The van der Waals surface area contributed by atoms with E-state index >= 15 is 0 Å². The van der Waals surface area contributed by atoms with Crippen molar-refractivity contribution in [3.63, 3.8) is 0 Å². The molecule has 0 saturated carbocycles. The number of hydrogen-bond donors (Lipinski definition) is 1. The Hall–Kier alpha value is -3.09. The van der Waals surface area contributed by atoms with E-state index in [1.54, 1.807) is 18.2 Å². The number of aryl methyl sites for hydroxylation is 1. The van der Waals surface area contributed by atoms with E-state index in [1.807, 2.05) is 13.0 Å². The molecule has 7 nitrogen and oxygen atoms in total. The number of hydrogen-bond acceptors (Lipinski definition) is 6. The standard InChI is InChI=1S/C16H15N3O4/c1-9-6-11-14(19-9)17-8-18-15(11)23-13-7-10(16(20)22-3)4-5-12(13)21-2/h4-8H,1-3H3,(H,17,18,19). The number of benzene rings is 1. The van der Waals surface area contributed by atoms with Crippen LogP contribution < -0.4 is 9.47 Å². The van der Waals surface area contributed by atoms with Gasteiger partial charge >= 0.3 is 5.97 Å². The second kappa shape index (κ2) is 5.96. The van der Waals surface area contributed by atoms with Gasteiger partial charge in [0.25, 0.3) is 0 Å². The van der Waals surface area contributed by atoms with Crippen molar-refractivity contribution in [2.45, 2.75) is 6.92 Å². The Labute approximate surface area is 132 Å². The fourth-order valence-electron chi connectivity index (χ4n) is 2.24. The minimum absolute atomic E-state index is 0.360. The van der Waals surface area contributed by atoms with Gasteiger partial charge in [0.2, 0.25) is 5.88 Å². The van der Waals surface area contributed by atoms with E-state index in [-0.39, 0.29) is 0 Å². The Kier molecular flexibility index (Phi) is 3.84. The van der Waals surface area contributed by atoms with Crippen LogP contribution in [0.25, 0.3) is 11.0 Å². The van der Waals surface area contributed by atoms with Crippen LogP contribution >= 0.6 is 0 Å². The number of H-pyrrole nitrogens is 1. The van der Waals surface area contributed by atoms with Gasteiger partial charge in [-0.15, -0.1) is 0 Å². The molecule has 1 aromatic carbocycles. The van der Waals surface area contributed by atoms with Crippen LogP contribution in [0.1, 0.15) is 16.1 Å². The molecule has 0 radical (unpaired) electrons. The van der Waals surface area contributed by atoms with Crippen molar-refractivity contribution in [1.82, 2.24) is 15.0 Å². The summed E-state index contributed by atoms with van der Waals surface area (Å²) in [5, 5.41) is 0.746. The highest BCUT2D eigenvalue weighted by Crippen LogP contribution is 2.34. The Morgan fingerprint density at radius 1 is 1.13 bits per heavy atom. The maximum absolute atomic E-state index is 11.7. The molecule has 2 heterocycles. The molecule has 0 aliphatic carbocycles. The Balaban J connectivity index is 2.05. The van der Waals surface area contributed by atoms with Crippen LogP contribution in [-0.2, 0) is 4.74 Å². The lowest BCUT2D eigenvalue weighted by atomic mass is 10.2. The van der Waals surface area contributed by atoms with E-state index in [4.69, 9.17) is 14.2 Å². The molecule has 0 spiro atoms. The van der Waals surface area contributed by atoms with E-state index in [9.17, 15) is 4.79 Å². The van der Waals surface area contributed by atoms with E-state index < -0.39 is 5.97 Å². The number of aromatic amines is 1. The van der Waals surface area contributed by atoms with Crippen molar-refractivity contribution in [2.75, 3.05) is 14.2 Å². The third kappa shape index (κ3) is 2.80. The van der Waals surface area contributed by atoms with Crippen molar-refractivity contribution >= 4 is 17.0 Å². The number of rotatable bonds is 4. The molecule has 3 aromatic rings. The second-order valence-corrected chi connectivity index (χ2v) is 4.85. The second-order valence-electron chi connectivity index (χ2n) is 4.85. The van der Waals surface area contributed by atoms with E-state index in [0.29, 0.717) is 28.6 Å². The summed E-state index contributed by atoms with van der Waals surface area (Å²) in [6.07, 6.45) is 1.41. The summed E-state index contributed by atoms with van der Waals surface area (Å²) in [6.45, 7) is 1.92. The highest BCUT2D eigenvalue weighted by Gasteiger charge is 2.15. The first-order valence-electron chi connectivity index (χ1n) is 6.87. The number of nitrogens with zero attached hydrogens (tertiary/aromatic N) is 2. The lowest BCUT2D eigenvalue weighted by Crippen LogP contribution is -2.02. The van der Waals surface area contributed by atoms with Gasteiger partial charge in [-0.2, -0.15) is 0 Å². The molecule has 0 bridgehead atoms. The molecule has 0 unspecified atom stereocenters. The summed E-state index contributed by atoms with van der Waals surface area (Å²) >= 11 is 0. The maximum atomic E-state index is 11.7. The third-order valence-electron chi connectivity index (χ3n) is 3.32. The highest BCUT2D eigenvalue weighted by atomic mass is 16.5. The Morgan fingerprint density at radius 3 is 2.70 bits per heavy atom. The molecular weight excluding hydrogens is 298 g/mol. The molecular formula is C16H15N3O4. The van der Waals surface area contributed by atoms with Crippen LogP contribution in [0.3, 0.4) is 0 Å². The van der Waals surface area contributed by atoms with Crippen molar-refractivity contribution in [1.29, 1.82) is 0 Å². The zero-order valence-electron chi connectivity index (χ0n) is 12.9. The first kappa shape index (κ1) is 14.8. The average molecular weight is 313 g/mol. The summed E-state index contributed by atoms with van der Waals surface area (Å²) in [7, 11) is 2.85. The zero-order chi connectivity index (χ0) is 16.4. The minimum Gasteiger partial charge on any atom is -0.493 e. The molecule has 118 valence electrons. The van der Waals surface area contributed by atoms with Crippen molar-refractivity contribution in [2.24, 2.45) is 0 Å². The number of carbonyl (C=O) groups excluding carboxylic acids is 1. The molecule has 0 aliphatic heterocycles.